The van der Waals surface area contributed by atoms with Crippen LogP contribution in [-0.2, 0) is 6.54 Å². The van der Waals surface area contributed by atoms with Gasteiger partial charge in [-0.25, -0.2) is 19.3 Å². The average Bonchev–Trinajstić information content (AvgIpc) is 3.60. The fraction of sp³-hybridized carbons (Fsp3) is 0.0357. The number of benzene rings is 3. The van der Waals surface area contributed by atoms with E-state index in [1.54, 1.807) is 17.2 Å². The fourth-order valence-corrected chi connectivity index (χ4v) is 4.17. The highest BCUT2D eigenvalue weighted by Crippen LogP contribution is 2.27. The van der Waals surface area contributed by atoms with E-state index in [9.17, 15) is 4.79 Å². The number of nitrogens with zero attached hydrogens (tertiary/aromatic N) is 6. The van der Waals surface area contributed by atoms with E-state index in [1.165, 1.54) is 6.33 Å². The minimum absolute atomic E-state index is 0.258. The lowest BCUT2D eigenvalue weighted by atomic mass is 10.1. The van der Waals surface area contributed by atoms with Gasteiger partial charge >= 0.3 is 0 Å². The van der Waals surface area contributed by atoms with Gasteiger partial charge in [0, 0.05) is 5.56 Å². The molecule has 3 aromatic carbocycles. The van der Waals surface area contributed by atoms with E-state index in [2.05, 4.69) is 20.5 Å². The van der Waals surface area contributed by atoms with Crippen molar-refractivity contribution in [3.8, 4) is 16.9 Å². The highest BCUT2D eigenvalue weighted by molar-refractivity contribution is 6.13. The molecule has 0 unspecified atom stereocenters. The van der Waals surface area contributed by atoms with Crippen molar-refractivity contribution in [3.63, 3.8) is 0 Å². The predicted octanol–water partition coefficient (Wildman–Crippen LogP) is 4.98. The summed E-state index contributed by atoms with van der Waals surface area (Å²) in [4.78, 5) is 22.6. The molecule has 0 fully saturated rings. The summed E-state index contributed by atoms with van der Waals surface area (Å²) in [7, 11) is 0. The molecule has 0 bridgehead atoms. The lowest BCUT2D eigenvalue weighted by Gasteiger charge is -2.12. The zero-order valence-electron chi connectivity index (χ0n) is 19.2. The summed E-state index contributed by atoms with van der Waals surface area (Å²) in [6.07, 6.45) is 4.76. The monoisotopic (exact) mass is 471 g/mol. The van der Waals surface area contributed by atoms with Gasteiger partial charge in [0.2, 0.25) is 0 Å². The minimum Gasteiger partial charge on any atom is -0.320 e. The molecule has 0 aliphatic heterocycles. The number of anilines is 1. The Kier molecular flexibility index (Phi) is 5.51. The molecule has 0 saturated heterocycles. The van der Waals surface area contributed by atoms with Crippen molar-refractivity contribution in [2.75, 3.05) is 5.32 Å². The van der Waals surface area contributed by atoms with Gasteiger partial charge < -0.3 is 5.32 Å². The van der Waals surface area contributed by atoms with Crippen molar-refractivity contribution in [2.45, 2.75) is 6.54 Å². The maximum atomic E-state index is 13.7. The van der Waals surface area contributed by atoms with Gasteiger partial charge in [-0.2, -0.15) is 10.2 Å². The summed E-state index contributed by atoms with van der Waals surface area (Å²) in [6, 6.07) is 29.2. The molecule has 8 heteroatoms. The summed E-state index contributed by atoms with van der Waals surface area (Å²) in [5.41, 5.74) is 5.20. The van der Waals surface area contributed by atoms with Crippen LogP contribution in [0.2, 0.25) is 0 Å². The SMILES string of the molecule is O=C(Nc1ccccc1-n1cncn1)c1cc(-c2ccccc2)nc2c1cnn2Cc1ccccc1. The normalized spacial score (nSPS) is 11.0. The Morgan fingerprint density at radius 3 is 2.39 bits per heavy atom. The van der Waals surface area contributed by atoms with Crippen LogP contribution in [0.15, 0.2) is 110 Å². The van der Waals surface area contributed by atoms with Crippen molar-refractivity contribution < 1.29 is 4.79 Å². The second-order valence-corrected chi connectivity index (χ2v) is 8.26. The van der Waals surface area contributed by atoms with Gasteiger partial charge in [-0.05, 0) is 23.8 Å². The molecule has 0 spiro atoms. The zero-order valence-corrected chi connectivity index (χ0v) is 19.2. The molecule has 6 aromatic rings. The summed E-state index contributed by atoms with van der Waals surface area (Å²) >= 11 is 0. The number of pyridine rings is 1. The molecule has 8 nitrogen and oxygen atoms in total. The molecule has 0 atom stereocenters. The molecule has 0 aliphatic rings. The fourth-order valence-electron chi connectivity index (χ4n) is 4.17. The minimum atomic E-state index is -0.258. The lowest BCUT2D eigenvalue weighted by molar-refractivity contribution is 0.102. The van der Waals surface area contributed by atoms with Gasteiger partial charge in [0.25, 0.3) is 5.91 Å². The number of nitrogens with one attached hydrogen (secondary N) is 1. The van der Waals surface area contributed by atoms with E-state index in [0.717, 1.165) is 16.8 Å². The molecule has 1 N–H and O–H groups in total. The van der Waals surface area contributed by atoms with Crippen LogP contribution in [0.3, 0.4) is 0 Å². The Bertz CT molecular complexity index is 1640. The summed E-state index contributed by atoms with van der Waals surface area (Å²) in [5.74, 6) is -0.258. The second kappa shape index (κ2) is 9.27. The number of carbonyl (C=O) groups excluding carboxylic acids is 1. The number of para-hydroxylation sites is 2. The van der Waals surface area contributed by atoms with Crippen LogP contribution in [0.4, 0.5) is 5.69 Å². The Labute approximate surface area is 206 Å². The van der Waals surface area contributed by atoms with Crippen LogP contribution in [-0.4, -0.2) is 35.4 Å². The Hall–Kier alpha value is -5.11. The lowest BCUT2D eigenvalue weighted by Crippen LogP contribution is -2.15. The molecule has 3 aromatic heterocycles. The van der Waals surface area contributed by atoms with Crippen molar-refractivity contribution in [1.82, 2.24) is 29.5 Å². The maximum absolute atomic E-state index is 13.7. The zero-order chi connectivity index (χ0) is 24.3. The average molecular weight is 472 g/mol. The molecule has 174 valence electrons. The number of carbonyl (C=O) groups is 1. The first-order valence-corrected chi connectivity index (χ1v) is 11.5. The van der Waals surface area contributed by atoms with Crippen LogP contribution in [0, 0.1) is 0 Å². The third kappa shape index (κ3) is 4.12. The molecule has 0 aliphatic carbocycles. The quantitative estimate of drug-likeness (QED) is 0.370. The smallest absolute Gasteiger partial charge is 0.256 e. The standard InChI is InChI=1S/C28H21N7O/c36-28(33-24-13-7-8-14-26(24)35-19-29-18-31-35)22-15-25(21-11-5-2-6-12-21)32-27-23(22)16-30-34(27)17-20-9-3-1-4-10-20/h1-16,18-19H,17H2,(H,33,36). The van der Waals surface area contributed by atoms with Crippen LogP contribution >= 0.6 is 0 Å². The Morgan fingerprint density at radius 2 is 1.61 bits per heavy atom. The van der Waals surface area contributed by atoms with Gasteiger partial charge in [0.1, 0.15) is 12.7 Å². The Morgan fingerprint density at radius 1 is 0.861 bits per heavy atom. The van der Waals surface area contributed by atoms with Gasteiger partial charge in [-0.15, -0.1) is 0 Å². The molecule has 36 heavy (non-hydrogen) atoms. The maximum Gasteiger partial charge on any atom is 0.256 e. The number of fused-ring (bicyclic) bond motifs is 1. The van der Waals surface area contributed by atoms with E-state index in [4.69, 9.17) is 4.98 Å². The topological polar surface area (TPSA) is 90.5 Å². The van der Waals surface area contributed by atoms with E-state index in [-0.39, 0.29) is 5.91 Å². The largest absolute Gasteiger partial charge is 0.320 e. The first-order chi connectivity index (χ1) is 17.8. The Balaban J connectivity index is 1.44. The molecular formula is C28H21N7O. The first-order valence-electron chi connectivity index (χ1n) is 11.5. The third-order valence-electron chi connectivity index (χ3n) is 5.92. The number of hydrogen-bond donors (Lipinski definition) is 1. The third-order valence-corrected chi connectivity index (χ3v) is 5.92. The van der Waals surface area contributed by atoms with Gasteiger partial charge in [0.15, 0.2) is 5.65 Å². The van der Waals surface area contributed by atoms with Crippen molar-refractivity contribution in [3.05, 3.63) is 121 Å². The molecule has 0 radical (unpaired) electrons. The van der Waals surface area contributed by atoms with E-state index in [1.807, 2.05) is 95.7 Å². The number of rotatable bonds is 6. The molecule has 3 heterocycles. The van der Waals surface area contributed by atoms with Crippen LogP contribution < -0.4 is 5.32 Å². The molecule has 1 amide bonds. The second-order valence-electron chi connectivity index (χ2n) is 8.26. The summed E-state index contributed by atoms with van der Waals surface area (Å²) in [5, 5.41) is 12.5. The van der Waals surface area contributed by atoms with E-state index >= 15 is 0 Å². The van der Waals surface area contributed by atoms with Gasteiger partial charge in [-0.1, -0.05) is 72.8 Å². The van der Waals surface area contributed by atoms with E-state index < -0.39 is 0 Å². The first kappa shape index (κ1) is 21.4. The van der Waals surface area contributed by atoms with Crippen molar-refractivity contribution in [2.24, 2.45) is 0 Å². The molecular weight excluding hydrogens is 450 g/mol. The molecule has 0 saturated carbocycles. The number of aromatic nitrogens is 6. The summed E-state index contributed by atoms with van der Waals surface area (Å²) < 4.78 is 3.45. The van der Waals surface area contributed by atoms with Crippen LogP contribution in [0.25, 0.3) is 28.0 Å². The van der Waals surface area contributed by atoms with Crippen LogP contribution in [0.1, 0.15) is 15.9 Å². The highest BCUT2D eigenvalue weighted by atomic mass is 16.1. The van der Waals surface area contributed by atoms with Gasteiger partial charge in [-0.3, -0.25) is 4.79 Å². The summed E-state index contributed by atoms with van der Waals surface area (Å²) in [6.45, 7) is 0.547. The van der Waals surface area contributed by atoms with Crippen molar-refractivity contribution >= 4 is 22.6 Å². The van der Waals surface area contributed by atoms with Gasteiger partial charge in [0.05, 0.1) is 40.8 Å². The molecule has 6 rings (SSSR count). The number of amides is 1. The predicted molar refractivity (Wildman–Crippen MR) is 138 cm³/mol. The van der Waals surface area contributed by atoms with E-state index in [0.29, 0.717) is 34.5 Å². The number of hydrogen-bond acceptors (Lipinski definition) is 5. The van der Waals surface area contributed by atoms with Crippen LogP contribution in [0.5, 0.6) is 0 Å². The van der Waals surface area contributed by atoms with Crippen molar-refractivity contribution in [1.29, 1.82) is 0 Å². The highest BCUT2D eigenvalue weighted by Gasteiger charge is 2.19.